The number of hydrogen-bond donors (Lipinski definition) is 3. The van der Waals surface area contributed by atoms with Gasteiger partial charge in [0.1, 0.15) is 5.82 Å². The van der Waals surface area contributed by atoms with Gasteiger partial charge in [0.25, 0.3) is 5.91 Å². The maximum atomic E-state index is 13.0. The van der Waals surface area contributed by atoms with E-state index >= 15 is 0 Å². The minimum Gasteiger partial charge on any atom is -0.397 e. The van der Waals surface area contributed by atoms with Crippen LogP contribution in [0.2, 0.25) is 0 Å². The molecule has 0 radical (unpaired) electrons. The van der Waals surface area contributed by atoms with Gasteiger partial charge in [0, 0.05) is 6.54 Å². The zero-order valence-electron chi connectivity index (χ0n) is 11.8. The van der Waals surface area contributed by atoms with Crippen LogP contribution in [0.4, 0.5) is 15.8 Å². The van der Waals surface area contributed by atoms with Gasteiger partial charge in [-0.3, -0.25) is 4.79 Å². The Morgan fingerprint density at radius 1 is 1.29 bits per heavy atom. The van der Waals surface area contributed by atoms with E-state index in [0.717, 1.165) is 11.1 Å². The third kappa shape index (κ3) is 3.51. The van der Waals surface area contributed by atoms with E-state index in [1.807, 2.05) is 6.92 Å². The van der Waals surface area contributed by atoms with Crippen molar-refractivity contribution in [3.05, 3.63) is 58.9 Å². The Kier molecular flexibility index (Phi) is 4.42. The maximum absolute atomic E-state index is 13.0. The fourth-order valence-electron chi connectivity index (χ4n) is 2.23. The van der Waals surface area contributed by atoms with Gasteiger partial charge in [-0.1, -0.05) is 12.1 Å². The summed E-state index contributed by atoms with van der Waals surface area (Å²) >= 11 is 0. The molecule has 2 rings (SSSR count). The Hall–Kier alpha value is -2.56. The number of carbonyl (C=O) groups is 1. The molecule has 21 heavy (non-hydrogen) atoms. The quantitative estimate of drug-likeness (QED) is 0.739. The van der Waals surface area contributed by atoms with Gasteiger partial charge in [-0.2, -0.15) is 0 Å². The molecule has 4 nitrogen and oxygen atoms in total. The van der Waals surface area contributed by atoms with E-state index in [1.165, 1.54) is 12.1 Å². The summed E-state index contributed by atoms with van der Waals surface area (Å²) in [6, 6.07) is 9.72. The van der Waals surface area contributed by atoms with Gasteiger partial charge in [-0.15, -0.1) is 0 Å². The van der Waals surface area contributed by atoms with Crippen molar-refractivity contribution < 1.29 is 9.18 Å². The number of halogens is 1. The first-order valence-electron chi connectivity index (χ1n) is 6.66. The van der Waals surface area contributed by atoms with Gasteiger partial charge in [0.2, 0.25) is 0 Å². The van der Waals surface area contributed by atoms with E-state index in [9.17, 15) is 9.18 Å². The highest BCUT2D eigenvalue weighted by Gasteiger charge is 2.10. The van der Waals surface area contributed by atoms with Crippen molar-refractivity contribution >= 4 is 17.3 Å². The SMILES string of the molecule is Cc1cc(F)ccc1CCNc1c(N)cccc1C(N)=O. The molecule has 2 aromatic rings. The number of aryl methyl sites for hydroxylation is 1. The van der Waals surface area contributed by atoms with Crippen LogP contribution in [-0.4, -0.2) is 12.5 Å². The van der Waals surface area contributed by atoms with Gasteiger partial charge in [0.05, 0.1) is 16.9 Å². The summed E-state index contributed by atoms with van der Waals surface area (Å²) < 4.78 is 13.0. The van der Waals surface area contributed by atoms with Crippen LogP contribution in [0.25, 0.3) is 0 Å². The molecule has 0 aliphatic heterocycles. The molecule has 110 valence electrons. The monoisotopic (exact) mass is 287 g/mol. The molecule has 5 N–H and O–H groups in total. The molecule has 0 aromatic heterocycles. The summed E-state index contributed by atoms with van der Waals surface area (Å²) in [6.07, 6.45) is 0.693. The zero-order valence-corrected chi connectivity index (χ0v) is 11.8. The Labute approximate surface area is 123 Å². The Morgan fingerprint density at radius 2 is 2.05 bits per heavy atom. The van der Waals surface area contributed by atoms with Gasteiger partial charge in [-0.05, 0) is 48.7 Å². The lowest BCUT2D eigenvalue weighted by Crippen LogP contribution is -2.17. The molecule has 0 heterocycles. The van der Waals surface area contributed by atoms with E-state index in [0.29, 0.717) is 29.9 Å². The number of nitrogens with two attached hydrogens (primary N) is 2. The van der Waals surface area contributed by atoms with Crippen LogP contribution in [0.5, 0.6) is 0 Å². The molecular weight excluding hydrogens is 269 g/mol. The van der Waals surface area contributed by atoms with Crippen LogP contribution >= 0.6 is 0 Å². The number of carbonyl (C=O) groups excluding carboxylic acids is 1. The molecule has 0 spiro atoms. The van der Waals surface area contributed by atoms with Crippen molar-refractivity contribution in [2.75, 3.05) is 17.6 Å². The molecule has 0 fully saturated rings. The lowest BCUT2D eigenvalue weighted by Gasteiger charge is -2.13. The summed E-state index contributed by atoms with van der Waals surface area (Å²) in [5.74, 6) is -0.768. The predicted molar refractivity (Wildman–Crippen MR) is 82.7 cm³/mol. The van der Waals surface area contributed by atoms with Crippen LogP contribution in [0.15, 0.2) is 36.4 Å². The number of anilines is 2. The van der Waals surface area contributed by atoms with E-state index in [1.54, 1.807) is 24.3 Å². The molecule has 0 bridgehead atoms. The Bertz CT molecular complexity index is 671. The third-order valence-corrected chi connectivity index (χ3v) is 3.36. The van der Waals surface area contributed by atoms with E-state index in [4.69, 9.17) is 11.5 Å². The van der Waals surface area contributed by atoms with Gasteiger partial charge < -0.3 is 16.8 Å². The smallest absolute Gasteiger partial charge is 0.250 e. The number of hydrogen-bond acceptors (Lipinski definition) is 3. The number of para-hydroxylation sites is 1. The first kappa shape index (κ1) is 14.8. The highest BCUT2D eigenvalue weighted by atomic mass is 19.1. The number of amides is 1. The first-order valence-corrected chi connectivity index (χ1v) is 6.66. The zero-order chi connectivity index (χ0) is 15.4. The number of nitrogen functional groups attached to an aromatic ring is 1. The summed E-state index contributed by atoms with van der Waals surface area (Å²) in [6.45, 7) is 2.44. The van der Waals surface area contributed by atoms with Gasteiger partial charge in [0.15, 0.2) is 0 Å². The van der Waals surface area contributed by atoms with E-state index in [2.05, 4.69) is 5.32 Å². The summed E-state index contributed by atoms with van der Waals surface area (Å²) in [5.41, 5.74) is 14.5. The fourth-order valence-corrected chi connectivity index (χ4v) is 2.23. The second-order valence-electron chi connectivity index (χ2n) is 4.88. The molecule has 0 saturated carbocycles. The Morgan fingerprint density at radius 3 is 2.71 bits per heavy atom. The minimum absolute atomic E-state index is 0.243. The first-order chi connectivity index (χ1) is 9.99. The van der Waals surface area contributed by atoms with Crippen molar-refractivity contribution in [3.8, 4) is 0 Å². The highest BCUT2D eigenvalue weighted by molar-refractivity contribution is 6.01. The van der Waals surface area contributed by atoms with Crippen LogP contribution in [0, 0.1) is 12.7 Å². The van der Waals surface area contributed by atoms with Crippen LogP contribution in [-0.2, 0) is 6.42 Å². The standard InChI is InChI=1S/C16H18FN3O/c1-10-9-12(17)6-5-11(10)7-8-20-15-13(16(19)21)3-2-4-14(15)18/h2-6,9,20H,7-8,18H2,1H3,(H2,19,21). The van der Waals surface area contributed by atoms with Crippen molar-refractivity contribution in [3.63, 3.8) is 0 Å². The average molecular weight is 287 g/mol. The normalized spacial score (nSPS) is 10.4. The fraction of sp³-hybridized carbons (Fsp3) is 0.188. The second-order valence-corrected chi connectivity index (χ2v) is 4.88. The summed E-state index contributed by atoms with van der Waals surface area (Å²) in [7, 11) is 0. The number of primary amides is 1. The number of rotatable bonds is 5. The van der Waals surface area contributed by atoms with Crippen molar-refractivity contribution in [1.82, 2.24) is 0 Å². The molecule has 1 amide bonds. The number of benzene rings is 2. The summed E-state index contributed by atoms with van der Waals surface area (Å²) in [5, 5.41) is 3.13. The van der Waals surface area contributed by atoms with Crippen molar-refractivity contribution in [2.24, 2.45) is 5.73 Å². The predicted octanol–water partition coefficient (Wildman–Crippen LogP) is 2.47. The largest absolute Gasteiger partial charge is 0.397 e. The van der Waals surface area contributed by atoms with Crippen molar-refractivity contribution in [1.29, 1.82) is 0 Å². The van der Waals surface area contributed by atoms with Crippen LogP contribution < -0.4 is 16.8 Å². The van der Waals surface area contributed by atoms with E-state index in [-0.39, 0.29) is 5.82 Å². The van der Waals surface area contributed by atoms with Gasteiger partial charge >= 0.3 is 0 Å². The van der Waals surface area contributed by atoms with Crippen molar-refractivity contribution in [2.45, 2.75) is 13.3 Å². The molecule has 0 aliphatic carbocycles. The molecule has 0 atom stereocenters. The topological polar surface area (TPSA) is 81.1 Å². The molecule has 2 aromatic carbocycles. The van der Waals surface area contributed by atoms with Gasteiger partial charge in [-0.25, -0.2) is 4.39 Å². The maximum Gasteiger partial charge on any atom is 0.250 e. The molecule has 0 aliphatic rings. The van der Waals surface area contributed by atoms with Crippen LogP contribution in [0.1, 0.15) is 21.5 Å². The molecular formula is C16H18FN3O. The lowest BCUT2D eigenvalue weighted by atomic mass is 10.1. The summed E-state index contributed by atoms with van der Waals surface area (Å²) in [4.78, 5) is 11.4. The third-order valence-electron chi connectivity index (χ3n) is 3.36. The minimum atomic E-state index is -0.525. The number of nitrogens with one attached hydrogen (secondary N) is 1. The molecule has 0 saturated heterocycles. The lowest BCUT2D eigenvalue weighted by molar-refractivity contribution is 0.100. The van der Waals surface area contributed by atoms with Crippen LogP contribution in [0.3, 0.4) is 0 Å². The molecule has 0 unspecified atom stereocenters. The van der Waals surface area contributed by atoms with E-state index < -0.39 is 5.91 Å². The molecule has 5 heteroatoms. The Balaban J connectivity index is 2.09. The highest BCUT2D eigenvalue weighted by Crippen LogP contribution is 2.23. The average Bonchev–Trinajstić information content (AvgIpc) is 2.42. The second kappa shape index (κ2) is 6.26.